The van der Waals surface area contributed by atoms with Crippen molar-refractivity contribution in [2.24, 2.45) is 0 Å². The second-order valence-electron chi connectivity index (χ2n) is 2.89. The molecule has 0 unspecified atom stereocenters. The monoisotopic (exact) mass is 239 g/mol. The molecule has 1 aromatic carbocycles. The van der Waals surface area contributed by atoms with Crippen molar-refractivity contribution in [1.29, 1.82) is 0 Å². The number of nitrogens with one attached hydrogen (secondary N) is 1. The molecule has 1 heterocycles. The van der Waals surface area contributed by atoms with E-state index in [1.54, 1.807) is 0 Å². The molecule has 16 heavy (non-hydrogen) atoms. The van der Waals surface area contributed by atoms with Gasteiger partial charge in [0.25, 0.3) is 0 Å². The number of hydrogen-bond acceptors (Lipinski definition) is 5. The van der Waals surface area contributed by atoms with Crippen molar-refractivity contribution in [3.8, 4) is 0 Å². The third-order valence-electron chi connectivity index (χ3n) is 1.79. The maximum absolute atomic E-state index is 12.6. The Kier molecular flexibility index (Phi) is 2.78. The quantitative estimate of drug-likeness (QED) is 0.858. The van der Waals surface area contributed by atoms with Gasteiger partial charge in [0.05, 0.1) is 0 Å². The number of aromatic nitrogens is 2. The van der Waals surface area contributed by atoms with E-state index in [1.807, 2.05) is 0 Å². The largest absolute Gasteiger partial charge is 0.476 e. The van der Waals surface area contributed by atoms with E-state index >= 15 is 0 Å². The summed E-state index contributed by atoms with van der Waals surface area (Å²) < 4.78 is 16.2. The minimum absolute atomic E-state index is 0.144. The van der Waals surface area contributed by atoms with Gasteiger partial charge in [-0.15, -0.1) is 5.10 Å². The summed E-state index contributed by atoms with van der Waals surface area (Å²) in [5.41, 5.74) is 0.435. The van der Waals surface area contributed by atoms with E-state index < -0.39 is 5.97 Å². The van der Waals surface area contributed by atoms with E-state index in [0.717, 1.165) is 11.5 Å². The van der Waals surface area contributed by atoms with Crippen molar-refractivity contribution in [1.82, 2.24) is 9.59 Å². The molecule has 0 amide bonds. The number of anilines is 2. The maximum atomic E-state index is 12.6. The van der Waals surface area contributed by atoms with Crippen molar-refractivity contribution < 1.29 is 14.3 Å². The summed E-state index contributed by atoms with van der Waals surface area (Å²) in [5.74, 6) is -1.51. The first-order valence-electron chi connectivity index (χ1n) is 4.25. The highest BCUT2D eigenvalue weighted by Gasteiger charge is 2.14. The van der Waals surface area contributed by atoms with Crippen LogP contribution in [-0.4, -0.2) is 20.7 Å². The fraction of sp³-hybridized carbons (Fsp3) is 0. The Labute approximate surface area is 93.7 Å². The SMILES string of the molecule is O=C(O)c1nnsc1Nc1ccc(F)cc1. The zero-order chi connectivity index (χ0) is 11.5. The highest BCUT2D eigenvalue weighted by molar-refractivity contribution is 7.10. The fourth-order valence-electron chi connectivity index (χ4n) is 1.08. The Hall–Kier alpha value is -2.02. The number of benzene rings is 1. The Bertz CT molecular complexity index is 512. The van der Waals surface area contributed by atoms with Crippen molar-refractivity contribution in [2.75, 3.05) is 5.32 Å². The van der Waals surface area contributed by atoms with E-state index in [-0.39, 0.29) is 11.5 Å². The van der Waals surface area contributed by atoms with Gasteiger partial charge in [-0.1, -0.05) is 4.49 Å². The molecule has 0 aliphatic carbocycles. The summed E-state index contributed by atoms with van der Waals surface area (Å²) >= 11 is 0.930. The van der Waals surface area contributed by atoms with Crippen LogP contribution in [-0.2, 0) is 0 Å². The van der Waals surface area contributed by atoms with Gasteiger partial charge in [-0.25, -0.2) is 9.18 Å². The minimum Gasteiger partial charge on any atom is -0.476 e. The molecular weight excluding hydrogens is 233 g/mol. The summed E-state index contributed by atoms with van der Waals surface area (Å²) in [6, 6.07) is 5.55. The summed E-state index contributed by atoms with van der Waals surface area (Å²) in [7, 11) is 0. The second-order valence-corrected chi connectivity index (χ2v) is 3.64. The molecule has 0 bridgehead atoms. The molecular formula is C9H6FN3O2S. The first kappa shape index (κ1) is 10.5. The number of carboxylic acids is 1. The number of rotatable bonds is 3. The number of carboxylic acid groups (broad SMARTS) is 1. The zero-order valence-corrected chi connectivity index (χ0v) is 8.66. The Morgan fingerprint density at radius 3 is 2.69 bits per heavy atom. The molecule has 0 atom stereocenters. The lowest BCUT2D eigenvalue weighted by Crippen LogP contribution is -2.01. The lowest BCUT2D eigenvalue weighted by Gasteiger charge is -2.02. The van der Waals surface area contributed by atoms with Crippen LogP contribution < -0.4 is 5.32 Å². The van der Waals surface area contributed by atoms with Gasteiger partial charge in [0, 0.05) is 17.2 Å². The number of carbonyl (C=O) groups is 1. The van der Waals surface area contributed by atoms with Gasteiger partial charge >= 0.3 is 5.97 Å². The zero-order valence-electron chi connectivity index (χ0n) is 7.85. The van der Waals surface area contributed by atoms with E-state index in [1.165, 1.54) is 24.3 Å². The van der Waals surface area contributed by atoms with Crippen molar-refractivity contribution >= 4 is 28.2 Å². The first-order valence-corrected chi connectivity index (χ1v) is 5.02. The smallest absolute Gasteiger partial charge is 0.359 e. The Morgan fingerprint density at radius 1 is 1.38 bits per heavy atom. The molecule has 2 aromatic rings. The third-order valence-corrected chi connectivity index (χ3v) is 2.43. The molecule has 0 radical (unpaired) electrons. The number of nitrogens with zero attached hydrogens (tertiary/aromatic N) is 2. The van der Waals surface area contributed by atoms with Gasteiger partial charge in [0.15, 0.2) is 0 Å². The van der Waals surface area contributed by atoms with Crippen molar-refractivity contribution in [2.45, 2.75) is 0 Å². The molecule has 0 saturated carbocycles. The van der Waals surface area contributed by atoms with E-state index in [0.29, 0.717) is 10.7 Å². The van der Waals surface area contributed by atoms with Crippen LogP contribution in [0.2, 0.25) is 0 Å². The topological polar surface area (TPSA) is 75.1 Å². The summed E-state index contributed by atoms with van der Waals surface area (Å²) in [4.78, 5) is 10.7. The van der Waals surface area contributed by atoms with Crippen LogP contribution in [0.25, 0.3) is 0 Å². The van der Waals surface area contributed by atoms with E-state index in [9.17, 15) is 9.18 Å². The molecule has 0 aliphatic heterocycles. The van der Waals surface area contributed by atoms with Gasteiger partial charge < -0.3 is 10.4 Å². The maximum Gasteiger partial charge on any atom is 0.359 e. The molecule has 2 N–H and O–H groups in total. The molecule has 82 valence electrons. The van der Waals surface area contributed by atoms with Crippen molar-refractivity contribution in [3.63, 3.8) is 0 Å². The summed E-state index contributed by atoms with van der Waals surface area (Å²) in [6.45, 7) is 0. The summed E-state index contributed by atoms with van der Waals surface area (Å²) in [6.07, 6.45) is 0. The molecule has 0 aliphatic rings. The molecule has 5 nitrogen and oxygen atoms in total. The predicted molar refractivity (Wildman–Crippen MR) is 56.6 cm³/mol. The first-order chi connectivity index (χ1) is 7.66. The van der Waals surface area contributed by atoms with Crippen LogP contribution in [0.1, 0.15) is 10.5 Å². The number of halogens is 1. The fourth-order valence-corrected chi connectivity index (χ4v) is 1.66. The van der Waals surface area contributed by atoms with E-state index in [2.05, 4.69) is 14.9 Å². The van der Waals surface area contributed by atoms with Crippen LogP contribution in [0.15, 0.2) is 24.3 Å². The van der Waals surface area contributed by atoms with Crippen LogP contribution in [0.5, 0.6) is 0 Å². The third kappa shape index (κ3) is 2.14. The molecule has 0 fully saturated rings. The highest BCUT2D eigenvalue weighted by Crippen LogP contribution is 2.23. The number of aromatic carboxylic acids is 1. The normalized spacial score (nSPS) is 10.1. The van der Waals surface area contributed by atoms with Crippen LogP contribution in [0.4, 0.5) is 15.1 Å². The van der Waals surface area contributed by atoms with Gasteiger partial charge in [-0.05, 0) is 24.3 Å². The van der Waals surface area contributed by atoms with E-state index in [4.69, 9.17) is 5.11 Å². The van der Waals surface area contributed by atoms with Gasteiger partial charge in [-0.3, -0.25) is 0 Å². The average Bonchev–Trinajstić information content (AvgIpc) is 2.69. The number of hydrogen-bond donors (Lipinski definition) is 2. The lowest BCUT2D eigenvalue weighted by molar-refractivity contribution is 0.0691. The lowest BCUT2D eigenvalue weighted by atomic mass is 10.3. The summed E-state index contributed by atoms with van der Waals surface area (Å²) in [5, 5.41) is 15.4. The Morgan fingerprint density at radius 2 is 2.06 bits per heavy atom. The minimum atomic E-state index is -1.15. The molecule has 0 spiro atoms. The average molecular weight is 239 g/mol. The van der Waals surface area contributed by atoms with Gasteiger partial charge in [-0.2, -0.15) is 0 Å². The highest BCUT2D eigenvalue weighted by atomic mass is 32.1. The van der Waals surface area contributed by atoms with Crippen molar-refractivity contribution in [3.05, 3.63) is 35.8 Å². The van der Waals surface area contributed by atoms with Crippen LogP contribution >= 0.6 is 11.5 Å². The van der Waals surface area contributed by atoms with Crippen LogP contribution in [0, 0.1) is 5.82 Å². The van der Waals surface area contributed by atoms with Crippen LogP contribution in [0.3, 0.4) is 0 Å². The molecule has 7 heteroatoms. The predicted octanol–water partition coefficient (Wildman–Crippen LogP) is 2.12. The molecule has 0 saturated heterocycles. The molecule has 1 aromatic heterocycles. The van der Waals surface area contributed by atoms with Gasteiger partial charge in [0.1, 0.15) is 10.8 Å². The molecule has 2 rings (SSSR count). The standard InChI is InChI=1S/C9H6FN3O2S/c10-5-1-3-6(4-2-5)11-8-7(9(14)15)12-13-16-8/h1-4,11H,(H,14,15). The Balaban J connectivity index is 2.23. The second kappa shape index (κ2) is 4.23. The van der Waals surface area contributed by atoms with Gasteiger partial charge in [0.2, 0.25) is 5.69 Å².